The minimum Gasteiger partial charge on any atom is -0.243 e. The molecule has 4 heteroatoms. The summed E-state index contributed by atoms with van der Waals surface area (Å²) in [5, 5.41) is 8.62. The molecule has 0 spiro atoms. The molecule has 17 heavy (non-hydrogen) atoms. The van der Waals surface area contributed by atoms with Gasteiger partial charge in [0.15, 0.2) is 6.17 Å². The molecular weight excluding hydrogens is 234 g/mol. The van der Waals surface area contributed by atoms with Gasteiger partial charge in [-0.25, -0.2) is 4.99 Å². The van der Waals surface area contributed by atoms with E-state index >= 15 is 0 Å². The Kier molecular flexibility index (Phi) is 3.57. The summed E-state index contributed by atoms with van der Waals surface area (Å²) in [5.41, 5.74) is 1.44. The lowest BCUT2D eigenvalue weighted by molar-refractivity contribution is 0.306. The van der Waals surface area contributed by atoms with Gasteiger partial charge in [0.05, 0.1) is 0 Å². The SMILES string of the molecule is CC(C)(Cc1ccc(Cl)cc1)CC1N=CN=N1. The van der Waals surface area contributed by atoms with Gasteiger partial charge in [0, 0.05) is 5.02 Å². The smallest absolute Gasteiger partial charge is 0.163 e. The fraction of sp³-hybridized carbons (Fsp3) is 0.462. The summed E-state index contributed by atoms with van der Waals surface area (Å²) in [5.74, 6) is 0. The number of hydrogen-bond acceptors (Lipinski definition) is 3. The van der Waals surface area contributed by atoms with Gasteiger partial charge >= 0.3 is 0 Å². The van der Waals surface area contributed by atoms with Crippen molar-refractivity contribution in [1.29, 1.82) is 0 Å². The van der Waals surface area contributed by atoms with Crippen molar-refractivity contribution in [2.45, 2.75) is 32.9 Å². The molecule has 0 fully saturated rings. The third-order valence-electron chi connectivity index (χ3n) is 2.82. The second-order valence-electron chi connectivity index (χ2n) is 5.15. The molecule has 0 saturated carbocycles. The Hall–Kier alpha value is -1.22. The maximum absolute atomic E-state index is 5.87. The van der Waals surface area contributed by atoms with E-state index in [2.05, 4.69) is 41.2 Å². The van der Waals surface area contributed by atoms with Crippen molar-refractivity contribution >= 4 is 17.9 Å². The zero-order valence-electron chi connectivity index (χ0n) is 10.1. The Morgan fingerprint density at radius 3 is 2.53 bits per heavy atom. The molecule has 0 aromatic heterocycles. The highest BCUT2D eigenvalue weighted by Gasteiger charge is 2.24. The monoisotopic (exact) mass is 249 g/mol. The van der Waals surface area contributed by atoms with Gasteiger partial charge in [-0.1, -0.05) is 37.6 Å². The van der Waals surface area contributed by atoms with E-state index in [1.165, 1.54) is 11.9 Å². The molecule has 1 atom stereocenters. The number of rotatable bonds is 4. The molecule has 2 rings (SSSR count). The second kappa shape index (κ2) is 4.96. The summed E-state index contributed by atoms with van der Waals surface area (Å²) < 4.78 is 0. The Labute approximate surface area is 107 Å². The number of azo groups is 1. The molecule has 1 unspecified atom stereocenters. The molecule has 0 bridgehead atoms. The van der Waals surface area contributed by atoms with E-state index in [0.717, 1.165) is 17.9 Å². The Morgan fingerprint density at radius 2 is 1.94 bits per heavy atom. The topological polar surface area (TPSA) is 37.1 Å². The number of nitrogens with zero attached hydrogens (tertiary/aromatic N) is 3. The van der Waals surface area contributed by atoms with E-state index in [4.69, 9.17) is 11.6 Å². The number of hydrogen-bond donors (Lipinski definition) is 0. The fourth-order valence-electron chi connectivity index (χ4n) is 2.06. The van der Waals surface area contributed by atoms with E-state index in [9.17, 15) is 0 Å². The lowest BCUT2D eigenvalue weighted by Crippen LogP contribution is -2.20. The molecule has 1 aliphatic heterocycles. The summed E-state index contributed by atoms with van der Waals surface area (Å²) in [6, 6.07) is 8.01. The highest BCUT2D eigenvalue weighted by molar-refractivity contribution is 6.30. The van der Waals surface area contributed by atoms with E-state index in [0.29, 0.717) is 0 Å². The zero-order valence-corrected chi connectivity index (χ0v) is 10.9. The van der Waals surface area contributed by atoms with Gasteiger partial charge in [-0.15, -0.1) is 5.11 Å². The molecule has 0 aliphatic carbocycles. The van der Waals surface area contributed by atoms with Gasteiger partial charge in [-0.05, 0) is 36.0 Å². The lowest BCUT2D eigenvalue weighted by Gasteiger charge is -2.25. The second-order valence-corrected chi connectivity index (χ2v) is 5.58. The summed E-state index contributed by atoms with van der Waals surface area (Å²) in [6.07, 6.45) is 3.43. The molecule has 0 saturated heterocycles. The molecule has 1 aromatic carbocycles. The summed E-state index contributed by atoms with van der Waals surface area (Å²) in [7, 11) is 0. The first-order valence-electron chi connectivity index (χ1n) is 5.71. The van der Waals surface area contributed by atoms with Crippen molar-refractivity contribution in [2.24, 2.45) is 20.6 Å². The minimum atomic E-state index is -0.00250. The van der Waals surface area contributed by atoms with Crippen molar-refractivity contribution in [3.63, 3.8) is 0 Å². The third kappa shape index (κ3) is 3.63. The average Bonchev–Trinajstić information content (AvgIpc) is 2.73. The van der Waals surface area contributed by atoms with Gasteiger partial charge in [-0.2, -0.15) is 5.11 Å². The van der Waals surface area contributed by atoms with E-state index in [1.54, 1.807) is 0 Å². The first-order valence-corrected chi connectivity index (χ1v) is 6.09. The van der Waals surface area contributed by atoms with Crippen LogP contribution < -0.4 is 0 Å². The van der Waals surface area contributed by atoms with Crippen molar-refractivity contribution < 1.29 is 0 Å². The number of aliphatic imine (C=N–C) groups is 1. The van der Waals surface area contributed by atoms with Crippen molar-refractivity contribution in [3.05, 3.63) is 34.9 Å². The largest absolute Gasteiger partial charge is 0.243 e. The van der Waals surface area contributed by atoms with Gasteiger partial charge in [0.1, 0.15) is 6.34 Å². The van der Waals surface area contributed by atoms with Crippen LogP contribution in [0.3, 0.4) is 0 Å². The Balaban J connectivity index is 1.98. The van der Waals surface area contributed by atoms with E-state index in [-0.39, 0.29) is 11.6 Å². The van der Waals surface area contributed by atoms with Crippen LogP contribution >= 0.6 is 11.6 Å². The third-order valence-corrected chi connectivity index (χ3v) is 3.07. The molecule has 0 radical (unpaired) electrons. The van der Waals surface area contributed by atoms with Crippen LogP contribution in [0.4, 0.5) is 0 Å². The van der Waals surface area contributed by atoms with Crippen LogP contribution in [0.25, 0.3) is 0 Å². The van der Waals surface area contributed by atoms with Crippen LogP contribution in [0.2, 0.25) is 5.02 Å². The van der Waals surface area contributed by atoms with Gasteiger partial charge < -0.3 is 0 Å². The van der Waals surface area contributed by atoms with Crippen molar-refractivity contribution in [3.8, 4) is 0 Å². The van der Waals surface area contributed by atoms with Crippen molar-refractivity contribution in [2.75, 3.05) is 0 Å². The molecule has 3 nitrogen and oxygen atoms in total. The first kappa shape index (κ1) is 12.2. The van der Waals surface area contributed by atoms with Crippen LogP contribution in [0.1, 0.15) is 25.8 Å². The van der Waals surface area contributed by atoms with Crippen LogP contribution in [0.15, 0.2) is 39.5 Å². The first-order chi connectivity index (χ1) is 8.05. The maximum atomic E-state index is 5.87. The van der Waals surface area contributed by atoms with Gasteiger partial charge in [-0.3, -0.25) is 0 Å². The number of benzene rings is 1. The highest BCUT2D eigenvalue weighted by atomic mass is 35.5. The molecule has 0 amide bonds. The zero-order chi connectivity index (χ0) is 12.3. The molecule has 1 aliphatic rings. The molecular formula is C13H16ClN3. The minimum absolute atomic E-state index is 0.00250. The summed E-state index contributed by atoms with van der Waals surface area (Å²) in [4.78, 5) is 4.20. The van der Waals surface area contributed by atoms with Crippen molar-refractivity contribution in [1.82, 2.24) is 0 Å². The molecule has 1 aromatic rings. The lowest BCUT2D eigenvalue weighted by atomic mass is 9.82. The van der Waals surface area contributed by atoms with Crippen LogP contribution in [0.5, 0.6) is 0 Å². The van der Waals surface area contributed by atoms with Gasteiger partial charge in [0.2, 0.25) is 0 Å². The molecule has 90 valence electrons. The normalized spacial score (nSPS) is 18.9. The molecule has 1 heterocycles. The summed E-state index contributed by atoms with van der Waals surface area (Å²) in [6.45, 7) is 4.45. The van der Waals surface area contributed by atoms with Crippen LogP contribution in [-0.2, 0) is 6.42 Å². The highest BCUT2D eigenvalue weighted by Crippen LogP contribution is 2.30. The fourth-order valence-corrected chi connectivity index (χ4v) is 2.18. The predicted octanol–water partition coefficient (Wildman–Crippen LogP) is 4.12. The van der Waals surface area contributed by atoms with Crippen LogP contribution in [-0.4, -0.2) is 12.5 Å². The number of halogens is 1. The predicted molar refractivity (Wildman–Crippen MR) is 70.7 cm³/mol. The Bertz CT molecular complexity index is 422. The van der Waals surface area contributed by atoms with Gasteiger partial charge in [0.25, 0.3) is 0 Å². The van der Waals surface area contributed by atoms with E-state index < -0.39 is 0 Å². The summed E-state index contributed by atoms with van der Waals surface area (Å²) >= 11 is 5.87. The maximum Gasteiger partial charge on any atom is 0.163 e. The van der Waals surface area contributed by atoms with Crippen LogP contribution in [0, 0.1) is 5.41 Å². The van der Waals surface area contributed by atoms with E-state index in [1.807, 2.05) is 12.1 Å². The average molecular weight is 250 g/mol. The molecule has 0 N–H and O–H groups in total. The quantitative estimate of drug-likeness (QED) is 0.770. The standard InChI is InChI=1S/C13H16ClN3/c1-13(2,8-12-15-9-16-17-12)7-10-3-5-11(14)6-4-10/h3-6,9,12H,7-8H2,1-2H3. The Morgan fingerprint density at radius 1 is 1.24 bits per heavy atom.